The Morgan fingerprint density at radius 1 is 0.963 bits per heavy atom. The SMILES string of the molecule is O=C(NNC(=O)c1cc(-c2ccccc2)n[nH]1)c1ccc(SC(F)F)cc1. The molecule has 3 aromatic rings. The minimum absolute atomic E-state index is 0.179. The maximum atomic E-state index is 12.3. The topological polar surface area (TPSA) is 86.9 Å². The molecule has 0 bridgehead atoms. The first kappa shape index (κ1) is 18.6. The Morgan fingerprint density at radius 2 is 1.63 bits per heavy atom. The van der Waals surface area contributed by atoms with Crippen molar-refractivity contribution in [3.05, 3.63) is 71.9 Å². The van der Waals surface area contributed by atoms with Gasteiger partial charge in [-0.15, -0.1) is 0 Å². The van der Waals surface area contributed by atoms with Gasteiger partial charge in [-0.05, 0) is 30.3 Å². The van der Waals surface area contributed by atoms with E-state index in [2.05, 4.69) is 21.0 Å². The fourth-order valence-electron chi connectivity index (χ4n) is 2.24. The van der Waals surface area contributed by atoms with Crippen molar-refractivity contribution < 1.29 is 18.4 Å². The largest absolute Gasteiger partial charge is 0.288 e. The number of alkyl halides is 2. The second kappa shape index (κ2) is 8.45. The van der Waals surface area contributed by atoms with Gasteiger partial charge in [-0.2, -0.15) is 13.9 Å². The molecule has 1 aromatic heterocycles. The van der Waals surface area contributed by atoms with Gasteiger partial charge in [-0.25, -0.2) is 0 Å². The van der Waals surface area contributed by atoms with Gasteiger partial charge in [-0.1, -0.05) is 42.1 Å². The number of hydrazine groups is 1. The number of benzene rings is 2. The Balaban J connectivity index is 1.57. The van der Waals surface area contributed by atoms with Crippen LogP contribution in [-0.4, -0.2) is 27.8 Å². The molecular weight excluding hydrogens is 374 g/mol. The third-order valence-electron chi connectivity index (χ3n) is 3.52. The highest BCUT2D eigenvalue weighted by Gasteiger charge is 2.13. The van der Waals surface area contributed by atoms with E-state index >= 15 is 0 Å². The van der Waals surface area contributed by atoms with Gasteiger partial charge in [0, 0.05) is 16.0 Å². The van der Waals surface area contributed by atoms with Gasteiger partial charge < -0.3 is 0 Å². The quantitative estimate of drug-likeness (QED) is 0.461. The molecule has 2 aromatic carbocycles. The zero-order valence-electron chi connectivity index (χ0n) is 13.8. The number of nitrogens with one attached hydrogen (secondary N) is 3. The molecule has 1 heterocycles. The molecule has 0 fully saturated rings. The zero-order chi connectivity index (χ0) is 19.2. The van der Waals surface area contributed by atoms with Crippen LogP contribution in [0.25, 0.3) is 11.3 Å². The second-order valence-electron chi connectivity index (χ2n) is 5.34. The Morgan fingerprint density at radius 3 is 2.30 bits per heavy atom. The molecule has 0 saturated heterocycles. The first-order chi connectivity index (χ1) is 13.0. The van der Waals surface area contributed by atoms with Crippen LogP contribution in [0.1, 0.15) is 20.8 Å². The van der Waals surface area contributed by atoms with E-state index in [9.17, 15) is 18.4 Å². The molecule has 2 amide bonds. The predicted molar refractivity (Wildman–Crippen MR) is 97.3 cm³/mol. The molecule has 9 heteroatoms. The molecule has 3 rings (SSSR count). The third-order valence-corrected chi connectivity index (χ3v) is 4.25. The number of halogens is 2. The summed E-state index contributed by atoms with van der Waals surface area (Å²) in [6.45, 7) is 0. The van der Waals surface area contributed by atoms with Crippen molar-refractivity contribution in [1.29, 1.82) is 0 Å². The van der Waals surface area contributed by atoms with Gasteiger partial charge in [0.05, 0.1) is 5.69 Å². The number of hydrogen-bond acceptors (Lipinski definition) is 4. The number of aromatic nitrogens is 2. The van der Waals surface area contributed by atoms with Crippen molar-refractivity contribution in [2.75, 3.05) is 0 Å². The van der Waals surface area contributed by atoms with Crippen molar-refractivity contribution in [2.24, 2.45) is 0 Å². The van der Waals surface area contributed by atoms with E-state index in [1.54, 1.807) is 6.07 Å². The molecular formula is C18H14F2N4O2S. The lowest BCUT2D eigenvalue weighted by Gasteiger charge is -2.07. The van der Waals surface area contributed by atoms with Crippen molar-refractivity contribution in [2.45, 2.75) is 10.7 Å². The number of nitrogens with zero attached hydrogens (tertiary/aromatic N) is 1. The van der Waals surface area contributed by atoms with Crippen molar-refractivity contribution in [3.8, 4) is 11.3 Å². The maximum absolute atomic E-state index is 12.3. The van der Waals surface area contributed by atoms with Crippen molar-refractivity contribution in [1.82, 2.24) is 21.0 Å². The third kappa shape index (κ3) is 4.91. The van der Waals surface area contributed by atoms with Gasteiger partial charge in [0.15, 0.2) is 0 Å². The Kier molecular flexibility index (Phi) is 5.82. The van der Waals surface area contributed by atoms with Gasteiger partial charge in [0.2, 0.25) is 0 Å². The number of hydrogen-bond donors (Lipinski definition) is 3. The lowest BCUT2D eigenvalue weighted by Crippen LogP contribution is -2.41. The van der Waals surface area contributed by atoms with Crippen LogP contribution in [0, 0.1) is 0 Å². The summed E-state index contributed by atoms with van der Waals surface area (Å²) < 4.78 is 24.6. The van der Waals surface area contributed by atoms with E-state index < -0.39 is 17.6 Å². The number of rotatable bonds is 5. The van der Waals surface area contributed by atoms with E-state index in [0.29, 0.717) is 22.4 Å². The molecule has 0 aliphatic heterocycles. The molecule has 27 heavy (non-hydrogen) atoms. The fourth-order valence-corrected chi connectivity index (χ4v) is 2.73. The average molecular weight is 388 g/mol. The summed E-state index contributed by atoms with van der Waals surface area (Å²) >= 11 is 0.389. The summed E-state index contributed by atoms with van der Waals surface area (Å²) in [6, 6.07) is 16.5. The lowest BCUT2D eigenvalue weighted by molar-refractivity contribution is 0.0844. The van der Waals surface area contributed by atoms with Crippen LogP contribution >= 0.6 is 11.8 Å². The van der Waals surface area contributed by atoms with Crippen LogP contribution in [0.3, 0.4) is 0 Å². The van der Waals surface area contributed by atoms with Gasteiger partial charge >= 0.3 is 0 Å². The maximum Gasteiger partial charge on any atom is 0.288 e. The molecule has 6 nitrogen and oxygen atoms in total. The first-order valence-electron chi connectivity index (χ1n) is 7.79. The van der Waals surface area contributed by atoms with Crippen LogP contribution in [-0.2, 0) is 0 Å². The highest BCUT2D eigenvalue weighted by Crippen LogP contribution is 2.25. The molecule has 0 aliphatic carbocycles. The second-order valence-corrected chi connectivity index (χ2v) is 6.41. The molecule has 3 N–H and O–H groups in total. The molecule has 0 unspecified atom stereocenters. The average Bonchev–Trinajstić information content (AvgIpc) is 3.17. The van der Waals surface area contributed by atoms with Crippen LogP contribution in [0.2, 0.25) is 0 Å². The number of carbonyl (C=O) groups is 2. The van der Waals surface area contributed by atoms with E-state index in [-0.39, 0.29) is 11.3 Å². The number of amides is 2. The standard InChI is InChI=1S/C18H14F2N4O2S/c19-18(20)27-13-8-6-12(7-9-13)16(25)23-24-17(26)15-10-14(21-22-15)11-4-2-1-3-5-11/h1-10,18H,(H,21,22)(H,23,25)(H,24,26). The van der Waals surface area contributed by atoms with Crippen LogP contribution in [0.5, 0.6) is 0 Å². The smallest absolute Gasteiger partial charge is 0.272 e. The number of carbonyl (C=O) groups excluding carboxylic acids is 2. The fraction of sp³-hybridized carbons (Fsp3) is 0.0556. The van der Waals surface area contributed by atoms with E-state index in [1.165, 1.54) is 24.3 Å². The summed E-state index contributed by atoms with van der Waals surface area (Å²) in [6.07, 6.45) is 0. The first-order valence-corrected chi connectivity index (χ1v) is 8.67. The monoisotopic (exact) mass is 388 g/mol. The number of H-pyrrole nitrogens is 1. The van der Waals surface area contributed by atoms with E-state index in [4.69, 9.17) is 0 Å². The number of aromatic amines is 1. The van der Waals surface area contributed by atoms with Crippen LogP contribution in [0.15, 0.2) is 65.6 Å². The zero-order valence-corrected chi connectivity index (χ0v) is 14.6. The Hall–Kier alpha value is -3.20. The van der Waals surface area contributed by atoms with Crippen molar-refractivity contribution in [3.63, 3.8) is 0 Å². The van der Waals surface area contributed by atoms with E-state index in [0.717, 1.165) is 5.56 Å². The van der Waals surface area contributed by atoms with Crippen LogP contribution < -0.4 is 10.9 Å². The minimum Gasteiger partial charge on any atom is -0.272 e. The molecule has 0 atom stereocenters. The highest BCUT2D eigenvalue weighted by molar-refractivity contribution is 7.99. The molecule has 0 saturated carbocycles. The van der Waals surface area contributed by atoms with Gasteiger partial charge in [0.1, 0.15) is 5.69 Å². The molecule has 0 spiro atoms. The Labute approximate surface area is 157 Å². The van der Waals surface area contributed by atoms with Gasteiger partial charge in [-0.3, -0.25) is 25.5 Å². The summed E-state index contributed by atoms with van der Waals surface area (Å²) in [5, 5.41) is 6.67. The van der Waals surface area contributed by atoms with Crippen molar-refractivity contribution >= 4 is 23.6 Å². The normalized spacial score (nSPS) is 10.6. The molecule has 0 aliphatic rings. The van der Waals surface area contributed by atoms with Crippen LogP contribution in [0.4, 0.5) is 8.78 Å². The predicted octanol–water partition coefficient (Wildman–Crippen LogP) is 3.47. The summed E-state index contributed by atoms with van der Waals surface area (Å²) in [5.74, 6) is -3.67. The highest BCUT2D eigenvalue weighted by atomic mass is 32.2. The minimum atomic E-state index is -2.53. The van der Waals surface area contributed by atoms with Gasteiger partial charge in [0.25, 0.3) is 17.6 Å². The molecule has 0 radical (unpaired) electrons. The summed E-state index contributed by atoms with van der Waals surface area (Å²) in [7, 11) is 0. The molecule has 138 valence electrons. The number of thioether (sulfide) groups is 1. The van der Waals surface area contributed by atoms with E-state index in [1.807, 2.05) is 30.3 Å². The lowest BCUT2D eigenvalue weighted by atomic mass is 10.1. The summed E-state index contributed by atoms with van der Waals surface area (Å²) in [4.78, 5) is 24.5. The Bertz CT molecular complexity index is 930. The summed E-state index contributed by atoms with van der Waals surface area (Å²) in [5.41, 5.74) is 6.39.